The molecule has 0 bridgehead atoms. The van der Waals surface area contributed by atoms with Crippen molar-refractivity contribution in [3.8, 4) is 23.8 Å². The Morgan fingerprint density at radius 3 is 2.63 bits per heavy atom. The molecule has 0 aliphatic rings. The molecule has 0 atom stereocenters. The fourth-order valence-electron chi connectivity index (χ4n) is 1.49. The summed E-state index contributed by atoms with van der Waals surface area (Å²) in [4.78, 5) is 3.99. The summed E-state index contributed by atoms with van der Waals surface area (Å²) in [6.45, 7) is 1.86. The van der Waals surface area contributed by atoms with Gasteiger partial charge in [-0.15, -0.1) is 0 Å². The van der Waals surface area contributed by atoms with E-state index < -0.39 is 0 Å². The number of benzene rings is 1. The summed E-state index contributed by atoms with van der Waals surface area (Å²) in [7, 11) is 0. The molecule has 1 aromatic carbocycles. The zero-order valence-electron chi connectivity index (χ0n) is 10.2. The number of aromatic nitrogens is 1. The first kappa shape index (κ1) is 12.4. The number of nitrogen functional groups attached to an aromatic ring is 1. The molecular formula is C14H10N4O. The summed E-state index contributed by atoms with van der Waals surface area (Å²) in [6.07, 6.45) is 0. The molecule has 0 aliphatic heterocycles. The van der Waals surface area contributed by atoms with E-state index >= 15 is 0 Å². The molecule has 5 heteroatoms. The van der Waals surface area contributed by atoms with Crippen LogP contribution in [0.25, 0.3) is 0 Å². The number of ether oxygens (including phenoxy) is 1. The van der Waals surface area contributed by atoms with Gasteiger partial charge in [-0.2, -0.15) is 10.5 Å². The summed E-state index contributed by atoms with van der Waals surface area (Å²) in [5.74, 6) is 0.796. The summed E-state index contributed by atoms with van der Waals surface area (Å²) >= 11 is 0. The summed E-state index contributed by atoms with van der Waals surface area (Å²) < 4.78 is 5.58. The molecular weight excluding hydrogens is 240 g/mol. The number of hydrogen-bond acceptors (Lipinski definition) is 5. The van der Waals surface area contributed by atoms with E-state index in [0.717, 1.165) is 5.56 Å². The lowest BCUT2D eigenvalue weighted by Crippen LogP contribution is -1.97. The molecule has 0 aliphatic carbocycles. The van der Waals surface area contributed by atoms with Crippen LogP contribution < -0.4 is 10.5 Å². The summed E-state index contributed by atoms with van der Waals surface area (Å²) in [5, 5.41) is 17.7. The average Bonchev–Trinajstić information content (AvgIpc) is 2.43. The van der Waals surface area contributed by atoms with Gasteiger partial charge < -0.3 is 10.5 Å². The molecule has 5 nitrogen and oxygen atoms in total. The molecule has 0 amide bonds. The molecule has 0 saturated heterocycles. The third-order valence-electron chi connectivity index (χ3n) is 2.54. The number of nitriles is 2. The van der Waals surface area contributed by atoms with Crippen molar-refractivity contribution in [3.63, 3.8) is 0 Å². The largest absolute Gasteiger partial charge is 0.439 e. The molecule has 0 radical (unpaired) electrons. The molecule has 0 fully saturated rings. The van der Waals surface area contributed by atoms with Crippen LogP contribution in [0.5, 0.6) is 11.6 Å². The average molecular weight is 250 g/mol. The first-order valence-electron chi connectivity index (χ1n) is 5.49. The Kier molecular flexibility index (Phi) is 3.31. The fourth-order valence-corrected chi connectivity index (χ4v) is 1.49. The van der Waals surface area contributed by atoms with Gasteiger partial charge in [0.1, 0.15) is 11.8 Å². The van der Waals surface area contributed by atoms with Crippen molar-refractivity contribution in [2.45, 2.75) is 6.92 Å². The van der Waals surface area contributed by atoms with Crippen molar-refractivity contribution in [1.82, 2.24) is 4.98 Å². The Labute approximate surface area is 110 Å². The van der Waals surface area contributed by atoms with E-state index in [1.807, 2.05) is 19.1 Å². The Hall–Kier alpha value is -3.05. The normalized spacial score (nSPS) is 9.42. The van der Waals surface area contributed by atoms with E-state index in [1.165, 1.54) is 0 Å². The minimum Gasteiger partial charge on any atom is -0.439 e. The van der Waals surface area contributed by atoms with Crippen molar-refractivity contribution < 1.29 is 4.74 Å². The van der Waals surface area contributed by atoms with Crippen LogP contribution in [0.3, 0.4) is 0 Å². The lowest BCUT2D eigenvalue weighted by atomic mass is 10.1. The van der Waals surface area contributed by atoms with Crippen LogP contribution in [0.4, 0.5) is 5.69 Å². The van der Waals surface area contributed by atoms with E-state index in [0.29, 0.717) is 17.0 Å². The Morgan fingerprint density at radius 1 is 1.16 bits per heavy atom. The topological polar surface area (TPSA) is 95.7 Å². The number of pyridine rings is 1. The highest BCUT2D eigenvalue weighted by atomic mass is 16.5. The van der Waals surface area contributed by atoms with Gasteiger partial charge in [0, 0.05) is 6.07 Å². The fraction of sp³-hybridized carbons (Fsp3) is 0.0714. The second-order valence-corrected chi connectivity index (χ2v) is 3.89. The van der Waals surface area contributed by atoms with E-state index in [-0.39, 0.29) is 11.6 Å². The van der Waals surface area contributed by atoms with Gasteiger partial charge in [0.2, 0.25) is 5.88 Å². The van der Waals surface area contributed by atoms with Crippen molar-refractivity contribution in [3.05, 3.63) is 47.2 Å². The van der Waals surface area contributed by atoms with E-state index in [9.17, 15) is 0 Å². The van der Waals surface area contributed by atoms with Crippen LogP contribution in [0, 0.1) is 29.6 Å². The first-order chi connectivity index (χ1) is 9.13. The number of anilines is 1. The SMILES string of the molecule is Cc1ccc(C#N)cc1Oc1ccc(N)c(C#N)n1. The minimum absolute atomic E-state index is 0.117. The molecule has 19 heavy (non-hydrogen) atoms. The molecule has 1 heterocycles. The second kappa shape index (κ2) is 5.07. The summed E-state index contributed by atoms with van der Waals surface area (Å²) in [5.41, 5.74) is 7.37. The quantitative estimate of drug-likeness (QED) is 0.883. The monoisotopic (exact) mass is 250 g/mol. The third-order valence-corrected chi connectivity index (χ3v) is 2.54. The van der Waals surface area contributed by atoms with Gasteiger partial charge in [-0.3, -0.25) is 0 Å². The van der Waals surface area contributed by atoms with Crippen LogP contribution in [-0.2, 0) is 0 Å². The first-order valence-corrected chi connectivity index (χ1v) is 5.49. The van der Waals surface area contributed by atoms with E-state index in [2.05, 4.69) is 4.98 Å². The van der Waals surface area contributed by atoms with Crippen LogP contribution >= 0.6 is 0 Å². The highest BCUT2D eigenvalue weighted by molar-refractivity contribution is 5.51. The maximum Gasteiger partial charge on any atom is 0.220 e. The maximum atomic E-state index is 8.86. The van der Waals surface area contributed by atoms with Gasteiger partial charge in [0.25, 0.3) is 0 Å². The Morgan fingerprint density at radius 2 is 1.95 bits per heavy atom. The van der Waals surface area contributed by atoms with E-state index in [4.69, 9.17) is 21.0 Å². The Bertz CT molecular complexity index is 710. The van der Waals surface area contributed by atoms with Crippen LogP contribution in [0.2, 0.25) is 0 Å². The number of hydrogen-bond donors (Lipinski definition) is 1. The smallest absolute Gasteiger partial charge is 0.220 e. The molecule has 0 spiro atoms. The van der Waals surface area contributed by atoms with Crippen molar-refractivity contribution >= 4 is 5.69 Å². The Balaban J connectivity index is 2.37. The second-order valence-electron chi connectivity index (χ2n) is 3.89. The molecule has 92 valence electrons. The third kappa shape index (κ3) is 2.62. The molecule has 2 rings (SSSR count). The van der Waals surface area contributed by atoms with Gasteiger partial charge >= 0.3 is 0 Å². The lowest BCUT2D eigenvalue weighted by molar-refractivity contribution is 0.459. The highest BCUT2D eigenvalue weighted by Crippen LogP contribution is 2.25. The summed E-state index contributed by atoms with van der Waals surface area (Å²) in [6, 6.07) is 12.2. The molecule has 0 unspecified atom stereocenters. The van der Waals surface area contributed by atoms with Gasteiger partial charge in [-0.25, -0.2) is 4.98 Å². The standard InChI is InChI=1S/C14H10N4O/c1-9-2-3-10(7-15)6-13(9)19-14-5-4-11(17)12(8-16)18-14/h2-6H,17H2,1H3. The van der Waals surface area contributed by atoms with Gasteiger partial charge in [0.15, 0.2) is 5.69 Å². The van der Waals surface area contributed by atoms with Crippen LogP contribution in [0.1, 0.15) is 16.8 Å². The van der Waals surface area contributed by atoms with Crippen LogP contribution in [-0.4, -0.2) is 4.98 Å². The molecule has 0 saturated carbocycles. The molecule has 2 aromatic rings. The number of nitrogens with zero attached hydrogens (tertiary/aromatic N) is 3. The number of nitrogens with two attached hydrogens (primary N) is 1. The van der Waals surface area contributed by atoms with Crippen molar-refractivity contribution in [2.24, 2.45) is 0 Å². The predicted octanol–water partition coefficient (Wildman–Crippen LogP) is 2.51. The van der Waals surface area contributed by atoms with Crippen LogP contribution in [0.15, 0.2) is 30.3 Å². The molecule has 2 N–H and O–H groups in total. The zero-order valence-corrected chi connectivity index (χ0v) is 10.2. The van der Waals surface area contributed by atoms with E-state index in [1.54, 1.807) is 30.3 Å². The van der Waals surface area contributed by atoms with Crippen molar-refractivity contribution in [2.75, 3.05) is 5.73 Å². The highest BCUT2D eigenvalue weighted by Gasteiger charge is 2.07. The van der Waals surface area contributed by atoms with Crippen molar-refractivity contribution in [1.29, 1.82) is 10.5 Å². The van der Waals surface area contributed by atoms with Gasteiger partial charge in [-0.05, 0) is 30.7 Å². The van der Waals surface area contributed by atoms with Gasteiger partial charge in [-0.1, -0.05) is 6.07 Å². The number of aryl methyl sites for hydroxylation is 1. The van der Waals surface area contributed by atoms with Gasteiger partial charge in [0.05, 0.1) is 17.3 Å². The predicted molar refractivity (Wildman–Crippen MR) is 69.3 cm³/mol. The number of rotatable bonds is 2. The zero-order chi connectivity index (χ0) is 13.8. The molecule has 1 aromatic heterocycles. The minimum atomic E-state index is 0.117. The lowest BCUT2D eigenvalue weighted by Gasteiger charge is -2.08. The maximum absolute atomic E-state index is 8.86.